The van der Waals surface area contributed by atoms with E-state index < -0.39 is 0 Å². The predicted molar refractivity (Wildman–Crippen MR) is 102 cm³/mol. The Bertz CT molecular complexity index is 724. The van der Waals surface area contributed by atoms with Crippen LogP contribution in [0.1, 0.15) is 49.3 Å². The van der Waals surface area contributed by atoms with Crippen LogP contribution in [0.15, 0.2) is 54.6 Å². The molecule has 0 aromatic heterocycles. The van der Waals surface area contributed by atoms with Crippen molar-refractivity contribution in [3.63, 3.8) is 0 Å². The second kappa shape index (κ2) is 7.40. The van der Waals surface area contributed by atoms with Gasteiger partial charge < -0.3 is 5.32 Å². The summed E-state index contributed by atoms with van der Waals surface area (Å²) in [6, 6.07) is 19.8. The van der Waals surface area contributed by atoms with E-state index in [1.165, 1.54) is 43.2 Å². The lowest BCUT2D eigenvalue weighted by Crippen LogP contribution is -2.35. The number of para-hydroxylation sites is 1. The molecule has 0 heterocycles. The number of fused-ring (bicyclic) bond motifs is 1. The van der Waals surface area contributed by atoms with Gasteiger partial charge in [-0.1, -0.05) is 42.5 Å². The molecule has 0 bridgehead atoms. The molecule has 2 aliphatic rings. The molecule has 0 radical (unpaired) electrons. The van der Waals surface area contributed by atoms with Crippen LogP contribution in [0.25, 0.3) is 0 Å². The van der Waals surface area contributed by atoms with Gasteiger partial charge in [-0.25, -0.2) is 0 Å². The first-order chi connectivity index (χ1) is 12.3. The van der Waals surface area contributed by atoms with Crippen LogP contribution in [-0.2, 0) is 11.2 Å². The van der Waals surface area contributed by atoms with Crippen LogP contribution in [-0.4, -0.2) is 23.4 Å². The fourth-order valence-corrected chi connectivity index (χ4v) is 4.05. The molecule has 3 heteroatoms. The first-order valence-electron chi connectivity index (χ1n) is 9.50. The van der Waals surface area contributed by atoms with Crippen molar-refractivity contribution in [2.24, 2.45) is 0 Å². The molecule has 1 atom stereocenters. The standard InChI is InChI=1S/C22H26N2O/c25-22(23-18-9-2-1-3-10-18)15-16-24(19-13-14-19)21-12-6-8-17-7-4-5-11-20(17)21/h1-5,7,9-11,19,21H,6,8,12-16H2,(H,23,25). The van der Waals surface area contributed by atoms with E-state index in [0.29, 0.717) is 18.5 Å². The number of hydrogen-bond acceptors (Lipinski definition) is 2. The lowest BCUT2D eigenvalue weighted by atomic mass is 9.86. The van der Waals surface area contributed by atoms with Crippen molar-refractivity contribution in [1.82, 2.24) is 4.90 Å². The zero-order valence-electron chi connectivity index (χ0n) is 14.7. The molecule has 25 heavy (non-hydrogen) atoms. The van der Waals surface area contributed by atoms with E-state index in [1.807, 2.05) is 30.3 Å². The quantitative estimate of drug-likeness (QED) is 0.840. The molecule has 1 saturated carbocycles. The molecule has 2 aromatic carbocycles. The predicted octanol–water partition coefficient (Wildman–Crippen LogP) is 4.56. The first kappa shape index (κ1) is 16.3. The van der Waals surface area contributed by atoms with Crippen LogP contribution in [0.2, 0.25) is 0 Å². The Labute approximate surface area is 150 Å². The van der Waals surface area contributed by atoms with Crippen molar-refractivity contribution in [3.05, 3.63) is 65.7 Å². The fourth-order valence-electron chi connectivity index (χ4n) is 4.05. The number of rotatable bonds is 6. The van der Waals surface area contributed by atoms with Gasteiger partial charge in [0.15, 0.2) is 0 Å². The molecule has 4 rings (SSSR count). The monoisotopic (exact) mass is 334 g/mol. The number of benzene rings is 2. The summed E-state index contributed by atoms with van der Waals surface area (Å²) in [7, 11) is 0. The summed E-state index contributed by atoms with van der Waals surface area (Å²) < 4.78 is 0. The average molecular weight is 334 g/mol. The van der Waals surface area contributed by atoms with E-state index in [4.69, 9.17) is 0 Å². The molecule has 2 aliphatic carbocycles. The summed E-state index contributed by atoms with van der Waals surface area (Å²) in [5, 5.41) is 3.01. The number of anilines is 1. The average Bonchev–Trinajstić information content (AvgIpc) is 3.48. The van der Waals surface area contributed by atoms with Crippen LogP contribution in [0.5, 0.6) is 0 Å². The smallest absolute Gasteiger partial charge is 0.225 e. The lowest BCUT2D eigenvalue weighted by Gasteiger charge is -2.36. The van der Waals surface area contributed by atoms with Gasteiger partial charge in [0, 0.05) is 30.7 Å². The minimum absolute atomic E-state index is 0.112. The highest BCUT2D eigenvalue weighted by molar-refractivity contribution is 5.90. The SMILES string of the molecule is O=C(CCN(C1CC1)C1CCCc2ccccc21)Nc1ccccc1. The minimum Gasteiger partial charge on any atom is -0.326 e. The molecule has 1 unspecified atom stereocenters. The Morgan fingerprint density at radius 1 is 1.00 bits per heavy atom. The highest BCUT2D eigenvalue weighted by Crippen LogP contribution is 2.40. The van der Waals surface area contributed by atoms with Gasteiger partial charge in [-0.15, -0.1) is 0 Å². The van der Waals surface area contributed by atoms with Crippen molar-refractivity contribution in [2.45, 2.75) is 50.6 Å². The normalized spacial score (nSPS) is 19.5. The summed E-state index contributed by atoms with van der Waals surface area (Å²) in [6.45, 7) is 0.850. The number of nitrogens with zero attached hydrogens (tertiary/aromatic N) is 1. The van der Waals surface area contributed by atoms with E-state index in [-0.39, 0.29) is 5.91 Å². The molecule has 1 N–H and O–H groups in total. The summed E-state index contributed by atoms with van der Waals surface area (Å²) in [5.41, 5.74) is 3.87. The van der Waals surface area contributed by atoms with Gasteiger partial charge in [-0.05, 0) is 55.4 Å². The number of nitrogens with one attached hydrogen (secondary N) is 1. The maximum absolute atomic E-state index is 12.4. The minimum atomic E-state index is 0.112. The number of amides is 1. The summed E-state index contributed by atoms with van der Waals surface area (Å²) in [4.78, 5) is 15.0. The largest absolute Gasteiger partial charge is 0.326 e. The second-order valence-electron chi connectivity index (χ2n) is 7.24. The van der Waals surface area contributed by atoms with Gasteiger partial charge in [0.05, 0.1) is 0 Å². The van der Waals surface area contributed by atoms with E-state index in [1.54, 1.807) is 0 Å². The number of hydrogen-bond donors (Lipinski definition) is 1. The van der Waals surface area contributed by atoms with E-state index in [9.17, 15) is 4.79 Å². The number of carbonyl (C=O) groups excluding carboxylic acids is 1. The van der Waals surface area contributed by atoms with E-state index >= 15 is 0 Å². The first-order valence-corrected chi connectivity index (χ1v) is 9.50. The Morgan fingerprint density at radius 2 is 1.76 bits per heavy atom. The Kier molecular flexibility index (Phi) is 4.84. The van der Waals surface area contributed by atoms with Crippen molar-refractivity contribution < 1.29 is 4.79 Å². The highest BCUT2D eigenvalue weighted by atomic mass is 16.1. The molecular weight excluding hydrogens is 308 g/mol. The second-order valence-corrected chi connectivity index (χ2v) is 7.24. The summed E-state index contributed by atoms with van der Waals surface area (Å²) in [6.07, 6.45) is 6.77. The van der Waals surface area contributed by atoms with Crippen molar-refractivity contribution in [3.8, 4) is 0 Å². The van der Waals surface area contributed by atoms with Gasteiger partial charge in [0.2, 0.25) is 5.91 Å². The Morgan fingerprint density at radius 3 is 2.56 bits per heavy atom. The molecule has 1 amide bonds. The molecular formula is C22H26N2O. The lowest BCUT2D eigenvalue weighted by molar-refractivity contribution is -0.116. The van der Waals surface area contributed by atoms with Gasteiger partial charge in [-0.2, -0.15) is 0 Å². The Hall–Kier alpha value is -2.13. The van der Waals surface area contributed by atoms with Gasteiger partial charge >= 0.3 is 0 Å². The van der Waals surface area contributed by atoms with Gasteiger partial charge in [0.25, 0.3) is 0 Å². The number of carbonyl (C=O) groups is 1. The van der Waals surface area contributed by atoms with E-state index in [0.717, 1.165) is 12.2 Å². The van der Waals surface area contributed by atoms with Crippen LogP contribution in [0, 0.1) is 0 Å². The molecule has 2 aromatic rings. The van der Waals surface area contributed by atoms with Crippen LogP contribution >= 0.6 is 0 Å². The summed E-state index contributed by atoms with van der Waals surface area (Å²) >= 11 is 0. The molecule has 0 aliphatic heterocycles. The third-order valence-corrected chi connectivity index (χ3v) is 5.41. The van der Waals surface area contributed by atoms with Crippen LogP contribution in [0.4, 0.5) is 5.69 Å². The molecule has 1 fully saturated rings. The third-order valence-electron chi connectivity index (χ3n) is 5.41. The fraction of sp³-hybridized carbons (Fsp3) is 0.409. The zero-order valence-corrected chi connectivity index (χ0v) is 14.7. The van der Waals surface area contributed by atoms with Crippen LogP contribution in [0.3, 0.4) is 0 Å². The molecule has 130 valence electrons. The highest BCUT2D eigenvalue weighted by Gasteiger charge is 2.36. The van der Waals surface area contributed by atoms with Crippen molar-refractivity contribution in [2.75, 3.05) is 11.9 Å². The van der Waals surface area contributed by atoms with Crippen LogP contribution < -0.4 is 5.32 Å². The topological polar surface area (TPSA) is 32.3 Å². The van der Waals surface area contributed by atoms with Gasteiger partial charge in [0.1, 0.15) is 0 Å². The van der Waals surface area contributed by atoms with Crippen molar-refractivity contribution >= 4 is 11.6 Å². The molecule has 0 saturated heterocycles. The molecule has 3 nitrogen and oxygen atoms in total. The summed E-state index contributed by atoms with van der Waals surface area (Å²) in [5.74, 6) is 0.112. The van der Waals surface area contributed by atoms with E-state index in [2.05, 4.69) is 34.5 Å². The van der Waals surface area contributed by atoms with Crippen molar-refractivity contribution in [1.29, 1.82) is 0 Å². The third kappa shape index (κ3) is 3.93. The Balaban J connectivity index is 1.42. The molecule has 0 spiro atoms. The maximum atomic E-state index is 12.4. The number of aryl methyl sites for hydroxylation is 1. The van der Waals surface area contributed by atoms with Gasteiger partial charge in [-0.3, -0.25) is 9.69 Å². The maximum Gasteiger partial charge on any atom is 0.225 e. The zero-order chi connectivity index (χ0) is 17.1.